The molecule has 0 amide bonds. The summed E-state index contributed by atoms with van der Waals surface area (Å²) in [5.74, 6) is -10.5. The first-order valence-electron chi connectivity index (χ1n) is 18.2. The van der Waals surface area contributed by atoms with Crippen molar-refractivity contribution in [1.82, 2.24) is 0 Å². The van der Waals surface area contributed by atoms with E-state index in [0.717, 1.165) is 51.4 Å². The van der Waals surface area contributed by atoms with Crippen LogP contribution in [-0.2, 0) is 49.3 Å². The molecule has 5 N–H and O–H groups in total. The number of aliphatic hydroxyl groups is 2. The van der Waals surface area contributed by atoms with E-state index in [4.69, 9.17) is 18.9 Å². The van der Waals surface area contributed by atoms with E-state index in [2.05, 4.69) is 19.1 Å². The van der Waals surface area contributed by atoms with Crippen molar-refractivity contribution in [2.45, 2.75) is 152 Å². The lowest BCUT2D eigenvalue weighted by molar-refractivity contribution is -0.374. The van der Waals surface area contributed by atoms with Crippen molar-refractivity contribution < 1.29 is 68.5 Å². The third kappa shape index (κ3) is 9.97. The number of carboxylic acid groups (broad SMARTS) is 3. The highest BCUT2D eigenvalue weighted by molar-refractivity contribution is 5.98. The number of hydrogen-bond donors (Lipinski definition) is 5. The van der Waals surface area contributed by atoms with Gasteiger partial charge in [0.05, 0.1) is 0 Å². The first-order valence-corrected chi connectivity index (χ1v) is 18.2. The van der Waals surface area contributed by atoms with Gasteiger partial charge in [-0.25, -0.2) is 14.4 Å². The lowest BCUT2D eigenvalue weighted by Gasteiger charge is -2.48. The van der Waals surface area contributed by atoms with Gasteiger partial charge in [0.1, 0.15) is 12.2 Å². The first-order chi connectivity index (χ1) is 24.6. The molecule has 2 bridgehead atoms. The maximum absolute atomic E-state index is 13.1. The van der Waals surface area contributed by atoms with E-state index in [1.165, 1.54) is 12.5 Å². The summed E-state index contributed by atoms with van der Waals surface area (Å²) in [6.45, 7) is 5.36. The first kappa shape index (κ1) is 42.6. The van der Waals surface area contributed by atoms with Crippen LogP contribution >= 0.6 is 0 Å². The van der Waals surface area contributed by atoms with Crippen LogP contribution in [0.3, 0.4) is 0 Å². The normalized spacial score (nSPS) is 27.9. The minimum atomic E-state index is -3.84. The fourth-order valence-electron chi connectivity index (χ4n) is 7.09. The van der Waals surface area contributed by atoms with Crippen LogP contribution < -0.4 is 0 Å². The van der Waals surface area contributed by atoms with E-state index in [1.807, 2.05) is 31.2 Å². The zero-order valence-electron chi connectivity index (χ0n) is 30.2. The molecular weight excluding hydrogens is 680 g/mol. The number of esters is 2. The van der Waals surface area contributed by atoms with Crippen LogP contribution in [0.5, 0.6) is 0 Å². The second-order valence-corrected chi connectivity index (χ2v) is 13.9. The number of aryl methyl sites for hydroxylation is 1. The second kappa shape index (κ2) is 19.3. The number of aliphatic carboxylic acids is 3. The highest BCUT2D eigenvalue weighted by Gasteiger charge is 2.85. The van der Waals surface area contributed by atoms with Gasteiger partial charge in [0.2, 0.25) is 23.1 Å². The Morgan fingerprint density at radius 3 is 2.21 bits per heavy atom. The fraction of sp³-hybridized carbons (Fsp3) is 0.658. The molecule has 14 nitrogen and oxygen atoms in total. The molecule has 0 aliphatic carbocycles. The summed E-state index contributed by atoms with van der Waals surface area (Å²) in [4.78, 5) is 62.7. The van der Waals surface area contributed by atoms with Crippen molar-refractivity contribution in [2.75, 3.05) is 0 Å². The molecule has 0 radical (unpaired) electrons. The molecule has 3 rings (SSSR count). The van der Waals surface area contributed by atoms with Crippen LogP contribution in [0.15, 0.2) is 42.5 Å². The molecule has 290 valence electrons. The maximum Gasteiger partial charge on any atom is 0.344 e. The predicted molar refractivity (Wildman–Crippen MR) is 185 cm³/mol. The Morgan fingerprint density at radius 1 is 0.923 bits per heavy atom. The standard InChI is InChI=1S/C38H54O14/c1-4-5-6-7-11-21-28(49-26(3)39)22-15-24-36-30(41)31(38(52-36,35(46)47)37(48,34(44)45)32(51-36)33(42)43)50-29(40)23-13-12-16-25(2)17-14-20-27-18-9-8-10-19-27/h8-10,12,16,18-19,25,28,30-32,41,48H,4-7,11,13-15,17,20-24H2,1-3H3,(H,42,43)(H,44,45)(H,46,47)/b16-12+/t25?,28-,30+,31+,32+,36-,37+,38-/m0/s1. The maximum atomic E-state index is 13.1. The SMILES string of the molecule is CCCCCCC[C@@H](CCC[C@]12O[C@H](C(=O)O)[C@@](O)(C(=O)O)[C@](C(=O)O)(O1)[C@H](OC(=O)CC/C=C/C(C)CCCc1ccccc1)[C@H]2O)OC(C)=O. The van der Waals surface area contributed by atoms with Crippen molar-refractivity contribution in [1.29, 1.82) is 0 Å². The molecule has 14 heteroatoms. The van der Waals surface area contributed by atoms with E-state index in [9.17, 15) is 49.5 Å². The molecule has 0 saturated carbocycles. The van der Waals surface area contributed by atoms with Crippen molar-refractivity contribution in [2.24, 2.45) is 5.92 Å². The molecule has 1 aromatic rings. The number of carboxylic acids is 3. The van der Waals surface area contributed by atoms with Gasteiger partial charge < -0.3 is 44.5 Å². The van der Waals surface area contributed by atoms with Crippen LogP contribution in [0.2, 0.25) is 0 Å². The van der Waals surface area contributed by atoms with Gasteiger partial charge >= 0.3 is 29.8 Å². The molecule has 2 aliphatic heterocycles. The zero-order valence-corrected chi connectivity index (χ0v) is 30.2. The van der Waals surface area contributed by atoms with Gasteiger partial charge in [-0.15, -0.1) is 0 Å². The van der Waals surface area contributed by atoms with Crippen LogP contribution in [0.25, 0.3) is 0 Å². The third-order valence-corrected chi connectivity index (χ3v) is 9.82. The molecule has 0 aromatic heterocycles. The largest absolute Gasteiger partial charge is 0.479 e. The number of carbonyl (C=O) groups excluding carboxylic acids is 2. The topological polar surface area (TPSA) is 223 Å². The van der Waals surface area contributed by atoms with Crippen molar-refractivity contribution in [3.63, 3.8) is 0 Å². The number of rotatable bonds is 23. The van der Waals surface area contributed by atoms with E-state index in [-0.39, 0.29) is 31.6 Å². The molecule has 1 unspecified atom stereocenters. The Labute approximate surface area is 304 Å². The van der Waals surface area contributed by atoms with Gasteiger partial charge in [-0.1, -0.05) is 82.0 Å². The Kier molecular flexibility index (Phi) is 15.8. The lowest BCUT2D eigenvalue weighted by Crippen LogP contribution is -2.78. The quantitative estimate of drug-likeness (QED) is 0.0591. The third-order valence-electron chi connectivity index (χ3n) is 9.82. The van der Waals surface area contributed by atoms with Crippen molar-refractivity contribution in [3.8, 4) is 0 Å². The van der Waals surface area contributed by atoms with E-state index >= 15 is 0 Å². The Hall–Kier alpha value is -3.85. The average Bonchev–Trinajstić information content (AvgIpc) is 3.30. The molecule has 2 heterocycles. The second-order valence-electron chi connectivity index (χ2n) is 13.9. The molecule has 2 aliphatic rings. The Bertz CT molecular complexity index is 1400. The van der Waals surface area contributed by atoms with Gasteiger partial charge in [0.25, 0.3) is 0 Å². The van der Waals surface area contributed by atoms with Gasteiger partial charge in [-0.2, -0.15) is 0 Å². The Balaban J connectivity index is 1.76. The van der Waals surface area contributed by atoms with E-state index in [0.29, 0.717) is 6.42 Å². The van der Waals surface area contributed by atoms with Gasteiger partial charge in [-0.05, 0) is 62.8 Å². The zero-order chi connectivity index (χ0) is 38.5. The van der Waals surface area contributed by atoms with E-state index in [1.54, 1.807) is 6.08 Å². The number of hydrogen-bond acceptors (Lipinski definition) is 11. The minimum absolute atomic E-state index is 0.0203. The monoisotopic (exact) mass is 734 g/mol. The van der Waals surface area contributed by atoms with Crippen LogP contribution in [-0.4, -0.2) is 96.8 Å². The average molecular weight is 735 g/mol. The highest BCUT2D eigenvalue weighted by Crippen LogP contribution is 2.55. The molecular formula is C38H54O14. The Morgan fingerprint density at radius 2 is 1.60 bits per heavy atom. The number of unbranched alkanes of at least 4 members (excludes halogenated alkanes) is 4. The number of benzene rings is 1. The summed E-state index contributed by atoms with van der Waals surface area (Å²) < 4.78 is 22.0. The fourth-order valence-corrected chi connectivity index (χ4v) is 7.09. The van der Waals surface area contributed by atoms with E-state index < -0.39 is 77.7 Å². The number of carbonyl (C=O) groups is 5. The highest BCUT2D eigenvalue weighted by atomic mass is 16.8. The molecule has 0 spiro atoms. The van der Waals surface area contributed by atoms with Crippen LogP contribution in [0.4, 0.5) is 0 Å². The molecule has 1 aromatic carbocycles. The smallest absolute Gasteiger partial charge is 0.344 e. The summed E-state index contributed by atoms with van der Waals surface area (Å²) in [7, 11) is 0. The summed E-state index contributed by atoms with van der Waals surface area (Å²) in [5, 5.41) is 53.4. The summed E-state index contributed by atoms with van der Waals surface area (Å²) in [6, 6.07) is 10.1. The summed E-state index contributed by atoms with van der Waals surface area (Å²) in [5.41, 5.74) is -6.09. The lowest BCUT2D eigenvalue weighted by atomic mass is 9.74. The van der Waals surface area contributed by atoms with Crippen LogP contribution in [0, 0.1) is 5.92 Å². The van der Waals surface area contributed by atoms with Crippen LogP contribution in [0.1, 0.15) is 110 Å². The molecule has 52 heavy (non-hydrogen) atoms. The minimum Gasteiger partial charge on any atom is -0.479 e. The van der Waals surface area contributed by atoms with Gasteiger partial charge in [0, 0.05) is 19.8 Å². The molecule has 2 fully saturated rings. The summed E-state index contributed by atoms with van der Waals surface area (Å²) >= 11 is 0. The predicted octanol–water partition coefficient (Wildman–Crippen LogP) is 4.57. The van der Waals surface area contributed by atoms with Crippen molar-refractivity contribution >= 4 is 29.8 Å². The van der Waals surface area contributed by atoms with Gasteiger partial charge in [0.15, 0.2) is 6.10 Å². The number of fused-ring (bicyclic) bond motifs is 2. The number of aliphatic hydroxyl groups excluding tert-OH is 1. The number of ether oxygens (including phenoxy) is 4. The van der Waals surface area contributed by atoms with Crippen molar-refractivity contribution in [3.05, 3.63) is 48.0 Å². The molecule has 8 atom stereocenters. The van der Waals surface area contributed by atoms with Gasteiger partial charge in [-0.3, -0.25) is 9.59 Å². The number of allylic oxidation sites excluding steroid dienone is 2. The summed E-state index contributed by atoms with van der Waals surface area (Å²) in [6.07, 6.45) is 3.43. The molecule has 2 saturated heterocycles.